The summed E-state index contributed by atoms with van der Waals surface area (Å²) in [6, 6.07) is 8.39. The van der Waals surface area contributed by atoms with E-state index in [4.69, 9.17) is 5.26 Å². The molecule has 1 unspecified atom stereocenters. The van der Waals surface area contributed by atoms with Crippen LogP contribution >= 0.6 is 11.8 Å². The fraction of sp³-hybridized carbons (Fsp3) is 0.364. The van der Waals surface area contributed by atoms with E-state index in [1.165, 1.54) is 23.9 Å². The van der Waals surface area contributed by atoms with Crippen molar-refractivity contribution >= 4 is 11.8 Å². The lowest BCUT2D eigenvalue weighted by atomic mass is 10.3. The number of rotatable bonds is 5. The Morgan fingerprint density at radius 2 is 2.40 bits per heavy atom. The summed E-state index contributed by atoms with van der Waals surface area (Å²) in [5.74, 6) is 0.394. The summed E-state index contributed by atoms with van der Waals surface area (Å²) in [7, 11) is 0. The van der Waals surface area contributed by atoms with Crippen molar-refractivity contribution in [3.63, 3.8) is 0 Å². The van der Waals surface area contributed by atoms with Crippen LogP contribution in [0.15, 0.2) is 29.2 Å². The van der Waals surface area contributed by atoms with Gasteiger partial charge in [0.05, 0.1) is 6.07 Å². The van der Waals surface area contributed by atoms with Crippen LogP contribution in [0.3, 0.4) is 0 Å². The molecule has 2 nitrogen and oxygen atoms in total. The average molecular weight is 224 g/mol. The monoisotopic (exact) mass is 224 g/mol. The van der Waals surface area contributed by atoms with Crippen LogP contribution < -0.4 is 5.32 Å². The van der Waals surface area contributed by atoms with Crippen LogP contribution in [0.4, 0.5) is 4.39 Å². The Kier molecular flexibility index (Phi) is 5.16. The van der Waals surface area contributed by atoms with Crippen LogP contribution in [0.5, 0.6) is 0 Å². The molecule has 1 rings (SSSR count). The zero-order valence-corrected chi connectivity index (χ0v) is 9.35. The molecule has 0 amide bonds. The molecule has 1 aromatic carbocycles. The van der Waals surface area contributed by atoms with Crippen molar-refractivity contribution < 1.29 is 4.39 Å². The summed E-state index contributed by atoms with van der Waals surface area (Å²) in [6.45, 7) is 2.72. The topological polar surface area (TPSA) is 35.8 Å². The lowest BCUT2D eigenvalue weighted by Gasteiger charge is -2.08. The molecular weight excluding hydrogens is 211 g/mol. The van der Waals surface area contributed by atoms with Crippen molar-refractivity contribution in [3.8, 4) is 6.07 Å². The summed E-state index contributed by atoms with van der Waals surface area (Å²) < 4.78 is 12.8. The molecule has 0 aliphatic rings. The number of nitrogens with one attached hydrogen (secondary N) is 1. The van der Waals surface area contributed by atoms with Gasteiger partial charge in [-0.1, -0.05) is 13.0 Å². The number of hydrogen-bond acceptors (Lipinski definition) is 3. The Labute approximate surface area is 93.5 Å². The highest BCUT2D eigenvalue weighted by Crippen LogP contribution is 2.19. The molecule has 0 bridgehead atoms. The highest BCUT2D eigenvalue weighted by atomic mass is 32.2. The first kappa shape index (κ1) is 12.0. The van der Waals surface area contributed by atoms with E-state index in [0.29, 0.717) is 5.75 Å². The maximum Gasteiger partial charge on any atom is 0.124 e. The van der Waals surface area contributed by atoms with Crippen LogP contribution in [0.25, 0.3) is 0 Å². The molecule has 0 aliphatic carbocycles. The van der Waals surface area contributed by atoms with E-state index in [0.717, 1.165) is 11.4 Å². The van der Waals surface area contributed by atoms with Crippen LogP contribution in [0.2, 0.25) is 0 Å². The van der Waals surface area contributed by atoms with Crippen molar-refractivity contribution in [1.29, 1.82) is 5.26 Å². The molecule has 1 N–H and O–H groups in total. The Morgan fingerprint density at radius 1 is 1.60 bits per heavy atom. The Balaban J connectivity index is 2.46. The molecular formula is C11H13FN2S. The second-order valence-corrected chi connectivity index (χ2v) is 4.10. The third kappa shape index (κ3) is 4.32. The summed E-state index contributed by atoms with van der Waals surface area (Å²) in [4.78, 5) is 0.855. The zero-order chi connectivity index (χ0) is 11.1. The fourth-order valence-corrected chi connectivity index (χ4v) is 2.05. The Bertz CT molecular complexity index is 349. The molecule has 0 heterocycles. The van der Waals surface area contributed by atoms with Gasteiger partial charge in [-0.25, -0.2) is 4.39 Å². The number of nitriles is 1. The van der Waals surface area contributed by atoms with E-state index in [2.05, 4.69) is 11.4 Å². The molecule has 4 heteroatoms. The number of halogens is 1. The van der Waals surface area contributed by atoms with Crippen LogP contribution in [0, 0.1) is 17.1 Å². The van der Waals surface area contributed by atoms with Crippen molar-refractivity contribution in [2.45, 2.75) is 17.9 Å². The van der Waals surface area contributed by atoms with Crippen LogP contribution in [-0.4, -0.2) is 18.3 Å². The molecule has 0 aliphatic heterocycles. The van der Waals surface area contributed by atoms with Crippen molar-refractivity contribution in [2.24, 2.45) is 0 Å². The molecule has 0 fully saturated rings. The average Bonchev–Trinajstić information content (AvgIpc) is 2.24. The third-order valence-electron chi connectivity index (χ3n) is 1.82. The highest BCUT2D eigenvalue weighted by Gasteiger charge is 2.05. The predicted molar refractivity (Wildman–Crippen MR) is 60.2 cm³/mol. The van der Waals surface area contributed by atoms with Gasteiger partial charge in [0.2, 0.25) is 0 Å². The lowest BCUT2D eigenvalue weighted by Crippen LogP contribution is -2.29. The number of hydrogen-bond donors (Lipinski definition) is 1. The standard InChI is InChI=1S/C11H13FN2S/c1-2-14-10(7-13)8-15-11-5-3-4-9(12)6-11/h3-6,10,14H,2,8H2,1H3. The van der Waals surface area contributed by atoms with Gasteiger partial charge in [0, 0.05) is 10.6 Å². The van der Waals surface area contributed by atoms with Gasteiger partial charge < -0.3 is 5.32 Å². The smallest absolute Gasteiger partial charge is 0.124 e. The highest BCUT2D eigenvalue weighted by molar-refractivity contribution is 7.99. The van der Waals surface area contributed by atoms with Gasteiger partial charge in [-0.05, 0) is 24.7 Å². The molecule has 1 atom stereocenters. The Morgan fingerprint density at radius 3 is 3.00 bits per heavy atom. The van der Waals surface area contributed by atoms with Gasteiger partial charge in [-0.2, -0.15) is 5.26 Å². The van der Waals surface area contributed by atoms with Gasteiger partial charge in [0.25, 0.3) is 0 Å². The first-order valence-corrected chi connectivity index (χ1v) is 5.76. The number of benzene rings is 1. The predicted octanol–water partition coefficient (Wildman–Crippen LogP) is 2.42. The van der Waals surface area contributed by atoms with E-state index < -0.39 is 0 Å². The molecule has 15 heavy (non-hydrogen) atoms. The van der Waals surface area contributed by atoms with Gasteiger partial charge >= 0.3 is 0 Å². The summed E-state index contributed by atoms with van der Waals surface area (Å²) in [6.07, 6.45) is 0. The second-order valence-electron chi connectivity index (χ2n) is 3.01. The van der Waals surface area contributed by atoms with Crippen LogP contribution in [-0.2, 0) is 0 Å². The van der Waals surface area contributed by atoms with E-state index in [1.54, 1.807) is 6.07 Å². The second kappa shape index (κ2) is 6.44. The van der Waals surface area contributed by atoms with Crippen molar-refractivity contribution in [1.82, 2.24) is 5.32 Å². The minimum atomic E-state index is -0.239. The molecule has 0 aromatic heterocycles. The summed E-state index contributed by atoms with van der Waals surface area (Å²) >= 11 is 1.48. The normalized spacial score (nSPS) is 12.1. The quantitative estimate of drug-likeness (QED) is 0.780. The van der Waals surface area contributed by atoms with E-state index >= 15 is 0 Å². The summed E-state index contributed by atoms with van der Waals surface area (Å²) in [5.41, 5.74) is 0. The van der Waals surface area contributed by atoms with E-state index in [9.17, 15) is 4.39 Å². The number of thioether (sulfide) groups is 1. The van der Waals surface area contributed by atoms with Gasteiger partial charge in [0.15, 0.2) is 0 Å². The minimum Gasteiger partial charge on any atom is -0.302 e. The summed E-state index contributed by atoms with van der Waals surface area (Å²) in [5, 5.41) is 11.8. The van der Waals surface area contributed by atoms with Gasteiger partial charge in [-0.3, -0.25) is 0 Å². The zero-order valence-electron chi connectivity index (χ0n) is 8.53. The first-order chi connectivity index (χ1) is 7.26. The number of nitrogens with zero attached hydrogens (tertiary/aromatic N) is 1. The van der Waals surface area contributed by atoms with E-state index in [-0.39, 0.29) is 11.9 Å². The molecule has 0 saturated heterocycles. The van der Waals surface area contributed by atoms with Crippen molar-refractivity contribution in [2.75, 3.05) is 12.3 Å². The SMILES string of the molecule is CCNC(C#N)CSc1cccc(F)c1. The Hall–Kier alpha value is -1.05. The molecule has 1 aromatic rings. The molecule has 0 radical (unpaired) electrons. The minimum absolute atomic E-state index is 0.178. The van der Waals surface area contributed by atoms with Gasteiger partial charge in [0.1, 0.15) is 11.9 Å². The maximum absolute atomic E-state index is 12.8. The maximum atomic E-state index is 12.8. The van der Waals surface area contributed by atoms with Crippen molar-refractivity contribution in [3.05, 3.63) is 30.1 Å². The third-order valence-corrected chi connectivity index (χ3v) is 2.91. The lowest BCUT2D eigenvalue weighted by molar-refractivity contribution is 0.624. The molecule has 0 spiro atoms. The van der Waals surface area contributed by atoms with E-state index in [1.807, 2.05) is 13.0 Å². The van der Waals surface area contributed by atoms with Crippen LogP contribution in [0.1, 0.15) is 6.92 Å². The fourth-order valence-electron chi connectivity index (χ4n) is 1.12. The van der Waals surface area contributed by atoms with Gasteiger partial charge in [-0.15, -0.1) is 11.8 Å². The first-order valence-electron chi connectivity index (χ1n) is 4.77. The molecule has 0 saturated carbocycles. The largest absolute Gasteiger partial charge is 0.302 e. The molecule has 80 valence electrons.